The van der Waals surface area contributed by atoms with E-state index in [4.69, 9.17) is 0 Å². The summed E-state index contributed by atoms with van der Waals surface area (Å²) in [7, 11) is 5.16. The largest absolute Gasteiger partial charge is 0.379 e. The summed E-state index contributed by atoms with van der Waals surface area (Å²) < 4.78 is 0. The highest BCUT2D eigenvalue weighted by molar-refractivity contribution is 6.65. The Morgan fingerprint density at radius 2 is 1.60 bits per heavy atom. The van der Waals surface area contributed by atoms with Crippen LogP contribution in [0.4, 0.5) is 0 Å². The molecule has 3 nitrogen and oxygen atoms in total. The Hall–Kier alpha value is -0.965. The number of allylic oxidation sites excluding steroid dienone is 1. The van der Waals surface area contributed by atoms with Crippen LogP contribution in [0.25, 0.3) is 6.08 Å². The van der Waals surface area contributed by atoms with Crippen LogP contribution in [0.2, 0.25) is 0 Å². The van der Waals surface area contributed by atoms with Crippen LogP contribution in [0.1, 0.15) is 11.1 Å². The zero-order valence-corrected chi connectivity index (χ0v) is 8.40. The Balaban J connectivity index is 0.000000124. The molecule has 3 N–H and O–H groups in total. The van der Waals surface area contributed by atoms with E-state index in [9.17, 15) is 0 Å². The molecule has 1 aromatic rings. The predicted octanol–water partition coefficient (Wildman–Crippen LogP) is -0.373. The van der Waals surface area contributed by atoms with Gasteiger partial charge in [-0.1, -0.05) is 36.4 Å². The van der Waals surface area contributed by atoms with E-state index in [1.165, 1.54) is 11.1 Å². The molecular formula is C9H11B3N3. The van der Waals surface area contributed by atoms with Gasteiger partial charge in [-0.3, -0.25) is 0 Å². The van der Waals surface area contributed by atoms with Gasteiger partial charge in [0.1, 0.15) is 0 Å². The fourth-order valence-electron chi connectivity index (χ4n) is 1.46. The van der Waals surface area contributed by atoms with Crippen LogP contribution in [0, 0.1) is 0 Å². The summed E-state index contributed by atoms with van der Waals surface area (Å²) in [5.74, 6) is 0. The van der Waals surface area contributed by atoms with E-state index < -0.39 is 0 Å². The van der Waals surface area contributed by atoms with Crippen molar-refractivity contribution >= 4 is 28.7 Å². The van der Waals surface area contributed by atoms with Crippen LogP contribution < -0.4 is 15.4 Å². The minimum atomic E-state index is 1.12. The minimum absolute atomic E-state index is 1.12. The molecule has 6 heteroatoms. The van der Waals surface area contributed by atoms with E-state index in [0.29, 0.717) is 0 Å². The van der Waals surface area contributed by atoms with Gasteiger partial charge < -0.3 is 15.4 Å². The van der Waals surface area contributed by atoms with Crippen LogP contribution in [0.15, 0.2) is 30.3 Å². The molecule has 0 unspecified atom stereocenters. The molecule has 0 amide bonds. The van der Waals surface area contributed by atoms with E-state index in [0.717, 1.165) is 6.42 Å². The lowest BCUT2D eigenvalue weighted by atomic mass is 9.85. The lowest BCUT2D eigenvalue weighted by Gasteiger charge is -2.07. The Morgan fingerprint density at radius 3 is 2.20 bits per heavy atom. The highest BCUT2D eigenvalue weighted by Crippen LogP contribution is 2.17. The van der Waals surface area contributed by atoms with Crippen LogP contribution in [0.5, 0.6) is 0 Å². The number of nitrogens with one attached hydrogen (secondary N) is 3. The maximum absolute atomic E-state index is 2.78. The zero-order valence-electron chi connectivity index (χ0n) is 8.40. The Morgan fingerprint density at radius 1 is 0.933 bits per heavy atom. The van der Waals surface area contributed by atoms with Crippen molar-refractivity contribution in [3.63, 3.8) is 0 Å². The predicted molar refractivity (Wildman–Crippen MR) is 65.8 cm³/mol. The van der Waals surface area contributed by atoms with Gasteiger partial charge in [0.2, 0.25) is 0 Å². The summed E-state index contributed by atoms with van der Waals surface area (Å²) in [6.07, 6.45) is 5.50. The van der Waals surface area contributed by atoms with Crippen molar-refractivity contribution in [1.82, 2.24) is 15.4 Å². The molecule has 1 heterocycles. The molecular weight excluding hydrogens is 183 g/mol. The number of hydrogen-bond acceptors (Lipinski definition) is 3. The second-order valence-electron chi connectivity index (χ2n) is 3.24. The molecule has 1 aliphatic carbocycles. The van der Waals surface area contributed by atoms with Crippen molar-refractivity contribution in [1.29, 1.82) is 0 Å². The van der Waals surface area contributed by atoms with Gasteiger partial charge in [0.15, 0.2) is 0 Å². The minimum Gasteiger partial charge on any atom is -0.379 e. The summed E-state index contributed by atoms with van der Waals surface area (Å²) in [6.45, 7) is 0. The molecule has 0 saturated carbocycles. The maximum Gasteiger partial charge on any atom is 0.284 e. The molecule has 15 heavy (non-hydrogen) atoms. The highest BCUT2D eigenvalue weighted by Gasteiger charge is 2.00. The van der Waals surface area contributed by atoms with Gasteiger partial charge in [-0.25, -0.2) is 0 Å². The van der Waals surface area contributed by atoms with Gasteiger partial charge in [0, 0.05) is 0 Å². The van der Waals surface area contributed by atoms with Crippen LogP contribution in [-0.2, 0) is 6.42 Å². The van der Waals surface area contributed by atoms with Gasteiger partial charge >= 0.3 is 0 Å². The van der Waals surface area contributed by atoms with Gasteiger partial charge in [-0.15, -0.1) is 0 Å². The molecule has 3 radical (unpaired) electrons. The topological polar surface area (TPSA) is 36.1 Å². The maximum atomic E-state index is 2.78. The average molecular weight is 194 g/mol. The monoisotopic (exact) mass is 194 g/mol. The first-order chi connectivity index (χ1) is 7.47. The van der Waals surface area contributed by atoms with Crippen molar-refractivity contribution < 1.29 is 0 Å². The molecule has 0 bridgehead atoms. The van der Waals surface area contributed by atoms with Crippen molar-refractivity contribution in [2.45, 2.75) is 6.42 Å². The third-order valence-electron chi connectivity index (χ3n) is 2.19. The number of benzene rings is 1. The molecule has 1 aromatic carbocycles. The SMILES string of the molecule is C1=Cc2ccccc2C1.[B]1N[B]N[B]N1. The Labute approximate surface area is 92.6 Å². The Kier molecular flexibility index (Phi) is 4.08. The van der Waals surface area contributed by atoms with Crippen LogP contribution in [-0.4, -0.2) is 22.6 Å². The van der Waals surface area contributed by atoms with Gasteiger partial charge in [0.25, 0.3) is 22.6 Å². The summed E-state index contributed by atoms with van der Waals surface area (Å²) >= 11 is 0. The summed E-state index contributed by atoms with van der Waals surface area (Å²) in [6, 6.07) is 8.49. The molecule has 0 atom stereocenters. The van der Waals surface area contributed by atoms with Gasteiger partial charge in [-0.2, -0.15) is 0 Å². The second-order valence-corrected chi connectivity index (χ2v) is 3.24. The lowest BCUT2D eigenvalue weighted by Crippen LogP contribution is -2.55. The molecule has 1 fully saturated rings. The van der Waals surface area contributed by atoms with E-state index in [1.54, 1.807) is 22.6 Å². The van der Waals surface area contributed by atoms with Gasteiger partial charge in [-0.05, 0) is 17.5 Å². The molecule has 0 aromatic heterocycles. The second kappa shape index (κ2) is 5.80. The fraction of sp³-hybridized carbons (Fsp3) is 0.111. The first-order valence-corrected chi connectivity index (χ1v) is 4.94. The Bertz CT molecular complexity index is 328. The third kappa shape index (κ3) is 3.27. The van der Waals surface area contributed by atoms with Crippen molar-refractivity contribution in [3.8, 4) is 0 Å². The molecule has 71 valence electrons. The first-order valence-electron chi connectivity index (χ1n) is 4.94. The molecule has 2 aliphatic rings. The fourth-order valence-corrected chi connectivity index (χ4v) is 1.46. The van der Waals surface area contributed by atoms with Crippen molar-refractivity contribution in [3.05, 3.63) is 41.5 Å². The number of fused-ring (bicyclic) bond motifs is 1. The molecule has 3 rings (SSSR count). The summed E-state index contributed by atoms with van der Waals surface area (Å²) in [5.41, 5.74) is 2.84. The standard InChI is InChI=1S/C9H8.B3H3N3/c1-2-5-9-7-3-6-8(9)4-1;1-4-2-6-3-5-1/h1-6H,7H2;4-6H. The van der Waals surface area contributed by atoms with Crippen molar-refractivity contribution in [2.24, 2.45) is 0 Å². The van der Waals surface area contributed by atoms with E-state index in [-0.39, 0.29) is 0 Å². The normalized spacial score (nSPS) is 16.3. The van der Waals surface area contributed by atoms with Crippen LogP contribution in [0.3, 0.4) is 0 Å². The first kappa shape index (κ1) is 10.5. The van der Waals surface area contributed by atoms with Gasteiger partial charge in [0.05, 0.1) is 0 Å². The summed E-state index contributed by atoms with van der Waals surface area (Å²) in [4.78, 5) is 0. The molecule has 1 saturated heterocycles. The number of rotatable bonds is 0. The summed E-state index contributed by atoms with van der Waals surface area (Å²) in [5, 5.41) is 8.34. The van der Waals surface area contributed by atoms with Crippen molar-refractivity contribution in [2.75, 3.05) is 0 Å². The lowest BCUT2D eigenvalue weighted by molar-refractivity contribution is 1.28. The molecule has 1 aliphatic heterocycles. The zero-order chi connectivity index (χ0) is 10.3. The quantitative estimate of drug-likeness (QED) is 0.492. The van der Waals surface area contributed by atoms with E-state index >= 15 is 0 Å². The average Bonchev–Trinajstić information content (AvgIpc) is 2.80. The van der Waals surface area contributed by atoms with E-state index in [2.05, 4.69) is 51.8 Å². The van der Waals surface area contributed by atoms with E-state index in [1.807, 2.05) is 0 Å². The van der Waals surface area contributed by atoms with Crippen LogP contribution >= 0.6 is 0 Å². The number of hydrogen-bond donors (Lipinski definition) is 3. The highest BCUT2D eigenvalue weighted by atomic mass is 15.0. The third-order valence-corrected chi connectivity index (χ3v) is 2.19. The smallest absolute Gasteiger partial charge is 0.284 e. The molecule has 0 spiro atoms.